The summed E-state index contributed by atoms with van der Waals surface area (Å²) in [5.74, 6) is -0.589. The average molecular weight is 554 g/mol. The molecule has 3 N–H and O–H groups in total. The summed E-state index contributed by atoms with van der Waals surface area (Å²) in [5, 5.41) is 2.59. The van der Waals surface area contributed by atoms with Crippen LogP contribution in [-0.4, -0.2) is 76.3 Å². The average Bonchev–Trinajstić information content (AvgIpc) is 3.48. The number of aromatic nitrogens is 2. The Labute approximate surface area is 234 Å². The number of benzene rings is 1. The maximum atomic E-state index is 13.1. The van der Waals surface area contributed by atoms with Crippen LogP contribution in [0.15, 0.2) is 24.3 Å². The summed E-state index contributed by atoms with van der Waals surface area (Å²) in [6, 6.07) is 6.78. The van der Waals surface area contributed by atoms with E-state index in [1.807, 2.05) is 38.1 Å². The fraction of sp³-hybridized carbons (Fsp3) is 0.621. The van der Waals surface area contributed by atoms with Crippen molar-refractivity contribution >= 4 is 28.9 Å². The number of carbonyl (C=O) groups is 3. The number of alkyl carbamates (subject to hydrolysis) is 1. The molecule has 1 saturated carbocycles. The quantitative estimate of drug-likeness (QED) is 0.590. The molecular formula is C29H39N5O6. The fourth-order valence-corrected chi connectivity index (χ4v) is 6.43. The van der Waals surface area contributed by atoms with Crippen molar-refractivity contribution in [2.75, 3.05) is 19.7 Å². The number of aryl methyl sites for hydroxylation is 1. The van der Waals surface area contributed by atoms with E-state index in [4.69, 9.17) is 29.9 Å². The first-order valence-corrected chi connectivity index (χ1v) is 14.4. The molecule has 5 unspecified atom stereocenters. The van der Waals surface area contributed by atoms with Gasteiger partial charge in [-0.25, -0.2) is 14.8 Å². The van der Waals surface area contributed by atoms with Gasteiger partial charge in [-0.1, -0.05) is 25.0 Å². The fourth-order valence-electron chi connectivity index (χ4n) is 6.43. The number of fused-ring (bicyclic) bond motifs is 5. The summed E-state index contributed by atoms with van der Waals surface area (Å²) in [7, 11) is 0. The number of hydrogen-bond acceptors (Lipinski definition) is 8. The van der Waals surface area contributed by atoms with Gasteiger partial charge >= 0.3 is 6.09 Å². The summed E-state index contributed by atoms with van der Waals surface area (Å²) in [4.78, 5) is 49.2. The van der Waals surface area contributed by atoms with Crippen LogP contribution in [0.1, 0.15) is 64.5 Å². The van der Waals surface area contributed by atoms with Crippen molar-refractivity contribution < 1.29 is 28.6 Å². The van der Waals surface area contributed by atoms with Crippen molar-refractivity contribution in [1.82, 2.24) is 20.2 Å². The van der Waals surface area contributed by atoms with Crippen molar-refractivity contribution in [3.8, 4) is 5.88 Å². The number of carbonyl (C=O) groups excluding carboxylic acids is 3. The van der Waals surface area contributed by atoms with Crippen LogP contribution >= 0.6 is 0 Å². The zero-order valence-corrected chi connectivity index (χ0v) is 23.3. The molecule has 1 aromatic heterocycles. The second kappa shape index (κ2) is 12.0. The number of rotatable bonds is 3. The number of nitrogens with two attached hydrogens (primary N) is 1. The molecule has 3 aliphatic rings. The van der Waals surface area contributed by atoms with Gasteiger partial charge in [0.15, 0.2) is 0 Å². The Morgan fingerprint density at radius 3 is 2.70 bits per heavy atom. The topological polar surface area (TPSA) is 146 Å². The minimum absolute atomic E-state index is 0.0132. The molecule has 1 aromatic carbocycles. The first kappa shape index (κ1) is 28.1. The molecule has 1 aliphatic carbocycles. The molecule has 1 saturated heterocycles. The maximum Gasteiger partial charge on any atom is 0.408 e. The third kappa shape index (κ3) is 5.99. The summed E-state index contributed by atoms with van der Waals surface area (Å²) >= 11 is 0. The van der Waals surface area contributed by atoms with E-state index in [1.165, 1.54) is 4.90 Å². The van der Waals surface area contributed by atoms with Gasteiger partial charge in [-0.3, -0.25) is 9.59 Å². The lowest BCUT2D eigenvalue weighted by Gasteiger charge is -2.34. The zero-order chi connectivity index (χ0) is 28.3. The van der Waals surface area contributed by atoms with Crippen LogP contribution in [0.3, 0.4) is 0 Å². The molecule has 11 nitrogen and oxygen atoms in total. The number of primary amides is 1. The predicted molar refractivity (Wildman–Crippen MR) is 146 cm³/mol. The molecule has 2 bridgehead atoms. The monoisotopic (exact) mass is 553 g/mol. The molecule has 2 aliphatic heterocycles. The van der Waals surface area contributed by atoms with E-state index in [-0.39, 0.29) is 31.5 Å². The van der Waals surface area contributed by atoms with Crippen molar-refractivity contribution in [2.45, 2.75) is 89.1 Å². The molecule has 0 spiro atoms. The number of nitrogens with one attached hydrogen (secondary N) is 1. The highest BCUT2D eigenvalue weighted by molar-refractivity contribution is 5.89. The Kier molecular flexibility index (Phi) is 8.39. The third-order valence-corrected chi connectivity index (χ3v) is 8.47. The Hall–Kier alpha value is -3.47. The second-order valence-corrected chi connectivity index (χ2v) is 11.2. The van der Waals surface area contributed by atoms with E-state index < -0.39 is 35.7 Å². The van der Waals surface area contributed by atoms with Crippen LogP contribution < -0.4 is 15.8 Å². The van der Waals surface area contributed by atoms with Crippen LogP contribution in [0.5, 0.6) is 5.88 Å². The highest BCUT2D eigenvalue weighted by atomic mass is 16.6. The maximum absolute atomic E-state index is 13.1. The third-order valence-electron chi connectivity index (χ3n) is 8.47. The van der Waals surface area contributed by atoms with Gasteiger partial charge < -0.3 is 30.2 Å². The lowest BCUT2D eigenvalue weighted by molar-refractivity contribution is -0.136. The van der Waals surface area contributed by atoms with E-state index >= 15 is 0 Å². The van der Waals surface area contributed by atoms with Gasteiger partial charge in [-0.15, -0.1) is 0 Å². The van der Waals surface area contributed by atoms with Crippen LogP contribution in [0, 0.1) is 5.92 Å². The van der Waals surface area contributed by atoms with Crippen LogP contribution in [0.4, 0.5) is 4.79 Å². The molecule has 3 heterocycles. The van der Waals surface area contributed by atoms with Gasteiger partial charge in [-0.2, -0.15) is 0 Å². The number of ether oxygens (including phenoxy) is 3. The minimum Gasteiger partial charge on any atom is -0.471 e. The summed E-state index contributed by atoms with van der Waals surface area (Å²) < 4.78 is 18.3. The number of amides is 3. The SMILES string of the molecule is CCOC1CCC2(C)OC(=O)NCC(=O)N3CC(CC3C(N)=O)Oc3nc4ccccc4nc3CCCCCC12. The molecule has 216 valence electrons. The smallest absolute Gasteiger partial charge is 0.408 e. The molecule has 2 fully saturated rings. The first-order valence-electron chi connectivity index (χ1n) is 14.4. The zero-order valence-electron chi connectivity index (χ0n) is 23.3. The molecular weight excluding hydrogens is 514 g/mol. The van der Waals surface area contributed by atoms with E-state index in [0.717, 1.165) is 43.3 Å². The molecule has 11 heteroatoms. The summed E-state index contributed by atoms with van der Waals surface area (Å²) in [6.45, 7) is 4.36. The van der Waals surface area contributed by atoms with E-state index in [9.17, 15) is 14.4 Å². The van der Waals surface area contributed by atoms with Gasteiger partial charge in [0.1, 0.15) is 30.0 Å². The number of hydrogen-bond donors (Lipinski definition) is 2. The van der Waals surface area contributed by atoms with E-state index in [1.54, 1.807) is 0 Å². The predicted octanol–water partition coefficient (Wildman–Crippen LogP) is 2.88. The van der Waals surface area contributed by atoms with Crippen LogP contribution in [-0.2, 0) is 25.5 Å². The number of para-hydroxylation sites is 2. The summed E-state index contributed by atoms with van der Waals surface area (Å²) in [5.41, 5.74) is 7.22. The Bertz CT molecular complexity index is 1260. The van der Waals surface area contributed by atoms with Crippen molar-refractivity contribution in [1.29, 1.82) is 0 Å². The van der Waals surface area contributed by atoms with E-state index in [0.29, 0.717) is 30.8 Å². The summed E-state index contributed by atoms with van der Waals surface area (Å²) in [6.07, 6.45) is 4.92. The first-order chi connectivity index (χ1) is 19.3. The second-order valence-electron chi connectivity index (χ2n) is 11.2. The number of nitrogens with zero attached hydrogens (tertiary/aromatic N) is 3. The van der Waals surface area contributed by atoms with Crippen LogP contribution in [0.25, 0.3) is 11.0 Å². The molecule has 40 heavy (non-hydrogen) atoms. The van der Waals surface area contributed by atoms with Gasteiger partial charge in [0.25, 0.3) is 0 Å². The standard InChI is InChI=1S/C29H39N5O6/c1-3-38-24-13-14-29(2)19(24)9-5-4-6-12-22-27(33-21-11-8-7-10-20(21)32-22)39-18-15-23(26(30)36)34(17-18)25(35)16-31-28(37)40-29/h7-8,10-11,18-19,23-24H,3-6,9,12-17H2,1-2H3,(H2,30,36)(H,31,37). The lowest BCUT2D eigenvalue weighted by atomic mass is 9.86. The van der Waals surface area contributed by atoms with Crippen molar-refractivity contribution in [2.24, 2.45) is 11.7 Å². The molecule has 2 aromatic rings. The molecule has 5 atom stereocenters. The minimum atomic E-state index is -0.849. The lowest BCUT2D eigenvalue weighted by Crippen LogP contribution is -2.49. The van der Waals surface area contributed by atoms with Gasteiger partial charge in [0, 0.05) is 18.9 Å². The van der Waals surface area contributed by atoms with Crippen molar-refractivity contribution in [3.63, 3.8) is 0 Å². The Balaban J connectivity index is 1.42. The highest BCUT2D eigenvalue weighted by Crippen LogP contribution is 2.43. The van der Waals surface area contributed by atoms with Crippen LogP contribution in [0.2, 0.25) is 0 Å². The van der Waals surface area contributed by atoms with Gasteiger partial charge in [0.2, 0.25) is 17.7 Å². The molecule has 3 amide bonds. The van der Waals surface area contributed by atoms with Gasteiger partial charge in [-0.05, 0) is 58.1 Å². The van der Waals surface area contributed by atoms with Gasteiger partial charge in [0.05, 0.1) is 23.7 Å². The molecule has 0 radical (unpaired) electrons. The molecule has 5 rings (SSSR count). The Morgan fingerprint density at radius 2 is 1.95 bits per heavy atom. The Morgan fingerprint density at radius 1 is 1.18 bits per heavy atom. The largest absolute Gasteiger partial charge is 0.471 e. The highest BCUT2D eigenvalue weighted by Gasteiger charge is 2.48. The van der Waals surface area contributed by atoms with E-state index in [2.05, 4.69) is 5.32 Å². The van der Waals surface area contributed by atoms with Crippen molar-refractivity contribution in [3.05, 3.63) is 30.0 Å². The normalized spacial score (nSPS) is 29.9.